The van der Waals surface area contributed by atoms with Crippen molar-refractivity contribution in [2.24, 2.45) is 0 Å². The van der Waals surface area contributed by atoms with Gasteiger partial charge in [0, 0.05) is 10.1 Å². The Labute approximate surface area is 88.3 Å². The van der Waals surface area contributed by atoms with Gasteiger partial charge in [-0.3, -0.25) is 4.79 Å². The van der Waals surface area contributed by atoms with E-state index in [0.29, 0.717) is 5.25 Å². The van der Waals surface area contributed by atoms with Gasteiger partial charge in [-0.25, -0.2) is 0 Å². The maximum absolute atomic E-state index is 10.6. The van der Waals surface area contributed by atoms with Crippen LogP contribution in [-0.2, 0) is 11.2 Å². The zero-order chi connectivity index (χ0) is 10.6. The third-order valence-electron chi connectivity index (χ3n) is 1.68. The van der Waals surface area contributed by atoms with Gasteiger partial charge in [-0.15, -0.1) is 11.8 Å². The maximum Gasteiger partial charge on any atom is 0.307 e. The summed E-state index contributed by atoms with van der Waals surface area (Å²) < 4.78 is 0. The van der Waals surface area contributed by atoms with Gasteiger partial charge in [-0.05, 0) is 11.6 Å². The molecule has 0 spiro atoms. The minimum Gasteiger partial charge on any atom is -0.481 e. The van der Waals surface area contributed by atoms with E-state index in [0.717, 1.165) is 10.5 Å². The molecule has 2 nitrogen and oxygen atoms in total. The van der Waals surface area contributed by atoms with Crippen LogP contribution in [0, 0.1) is 0 Å². The number of hydrogen-bond donors (Lipinski definition) is 1. The number of hydrogen-bond acceptors (Lipinski definition) is 2. The average Bonchev–Trinajstić information content (AvgIpc) is 2.06. The summed E-state index contributed by atoms with van der Waals surface area (Å²) in [6.45, 7) is 4.20. The van der Waals surface area contributed by atoms with Crippen LogP contribution in [0.2, 0.25) is 0 Å². The number of rotatable bonds is 4. The second-order valence-corrected chi connectivity index (χ2v) is 4.96. The molecular formula is C11H14O2S. The minimum absolute atomic E-state index is 0.107. The van der Waals surface area contributed by atoms with Crippen LogP contribution in [0.5, 0.6) is 0 Å². The lowest BCUT2D eigenvalue weighted by Gasteiger charge is -2.09. The standard InChI is InChI=1S/C11H14O2S/c1-8(2)14-10-6-4-3-5-9(10)7-11(12)13/h3-6,8H,7H2,1-2H3,(H,12,13). The van der Waals surface area contributed by atoms with Crippen LogP contribution in [0.4, 0.5) is 0 Å². The smallest absolute Gasteiger partial charge is 0.307 e. The van der Waals surface area contributed by atoms with Gasteiger partial charge in [0.05, 0.1) is 6.42 Å². The van der Waals surface area contributed by atoms with E-state index in [2.05, 4.69) is 13.8 Å². The summed E-state index contributed by atoms with van der Waals surface area (Å²) in [6.07, 6.45) is 0.107. The second kappa shape index (κ2) is 5.05. The van der Waals surface area contributed by atoms with Gasteiger partial charge in [0.25, 0.3) is 0 Å². The van der Waals surface area contributed by atoms with Crippen LogP contribution in [0.3, 0.4) is 0 Å². The zero-order valence-corrected chi connectivity index (χ0v) is 9.17. The lowest BCUT2D eigenvalue weighted by atomic mass is 10.1. The monoisotopic (exact) mass is 210 g/mol. The summed E-state index contributed by atoms with van der Waals surface area (Å²) in [7, 11) is 0. The molecule has 0 fully saturated rings. The fourth-order valence-corrected chi connectivity index (χ4v) is 2.14. The zero-order valence-electron chi connectivity index (χ0n) is 8.36. The third kappa shape index (κ3) is 3.42. The van der Waals surface area contributed by atoms with Crippen molar-refractivity contribution < 1.29 is 9.90 Å². The molecule has 0 bridgehead atoms. The summed E-state index contributed by atoms with van der Waals surface area (Å²) in [5.41, 5.74) is 0.902. The highest BCUT2D eigenvalue weighted by Crippen LogP contribution is 2.26. The molecule has 0 amide bonds. The van der Waals surface area contributed by atoms with Crippen molar-refractivity contribution in [3.8, 4) is 0 Å². The molecule has 1 N–H and O–H groups in total. The molecule has 1 aromatic carbocycles. The summed E-state index contributed by atoms with van der Waals surface area (Å²) >= 11 is 1.70. The predicted octanol–water partition coefficient (Wildman–Crippen LogP) is 2.81. The molecule has 0 aliphatic carbocycles. The molecule has 0 radical (unpaired) electrons. The number of carboxylic acid groups (broad SMARTS) is 1. The number of carbonyl (C=O) groups is 1. The summed E-state index contributed by atoms with van der Waals surface area (Å²) in [5, 5.41) is 9.19. The van der Waals surface area contributed by atoms with E-state index >= 15 is 0 Å². The first-order chi connectivity index (χ1) is 6.59. The van der Waals surface area contributed by atoms with Gasteiger partial charge in [0.1, 0.15) is 0 Å². The quantitative estimate of drug-likeness (QED) is 0.776. The molecule has 3 heteroatoms. The van der Waals surface area contributed by atoms with Gasteiger partial charge in [-0.2, -0.15) is 0 Å². The fourth-order valence-electron chi connectivity index (χ4n) is 1.18. The summed E-state index contributed by atoms with van der Waals surface area (Å²) in [4.78, 5) is 11.7. The van der Waals surface area contributed by atoms with Crippen molar-refractivity contribution in [2.45, 2.75) is 30.4 Å². The third-order valence-corrected chi connectivity index (χ3v) is 2.80. The Hall–Kier alpha value is -0.960. The van der Waals surface area contributed by atoms with Crippen molar-refractivity contribution in [3.63, 3.8) is 0 Å². The van der Waals surface area contributed by atoms with Gasteiger partial charge in [0.15, 0.2) is 0 Å². The summed E-state index contributed by atoms with van der Waals surface area (Å²) in [6, 6.07) is 7.67. The van der Waals surface area contributed by atoms with Crippen LogP contribution in [0.25, 0.3) is 0 Å². The Kier molecular flexibility index (Phi) is 4.01. The molecule has 0 heterocycles. The van der Waals surface area contributed by atoms with E-state index in [1.165, 1.54) is 0 Å². The average molecular weight is 210 g/mol. The lowest BCUT2D eigenvalue weighted by Crippen LogP contribution is -2.02. The van der Waals surface area contributed by atoms with Gasteiger partial charge in [-0.1, -0.05) is 32.0 Å². The predicted molar refractivity (Wildman–Crippen MR) is 58.8 cm³/mol. The van der Waals surface area contributed by atoms with E-state index in [9.17, 15) is 4.79 Å². The fraction of sp³-hybridized carbons (Fsp3) is 0.364. The van der Waals surface area contributed by atoms with Crippen molar-refractivity contribution in [1.29, 1.82) is 0 Å². The molecule has 1 rings (SSSR count). The number of aliphatic carboxylic acids is 1. The van der Waals surface area contributed by atoms with Crippen LogP contribution in [-0.4, -0.2) is 16.3 Å². The highest BCUT2D eigenvalue weighted by atomic mass is 32.2. The normalized spacial score (nSPS) is 10.5. The second-order valence-electron chi connectivity index (χ2n) is 3.34. The Balaban J connectivity index is 2.85. The van der Waals surface area contributed by atoms with E-state index in [1.54, 1.807) is 11.8 Å². The van der Waals surface area contributed by atoms with Crippen LogP contribution in [0.1, 0.15) is 19.4 Å². The Morgan fingerprint density at radius 2 is 2.07 bits per heavy atom. The number of benzene rings is 1. The molecule has 0 aliphatic heterocycles. The Morgan fingerprint density at radius 1 is 1.43 bits per heavy atom. The molecule has 0 saturated heterocycles. The molecule has 0 aliphatic rings. The highest BCUT2D eigenvalue weighted by Gasteiger charge is 2.07. The topological polar surface area (TPSA) is 37.3 Å². The largest absolute Gasteiger partial charge is 0.481 e. The van der Waals surface area contributed by atoms with Crippen LogP contribution < -0.4 is 0 Å². The highest BCUT2D eigenvalue weighted by molar-refractivity contribution is 8.00. The first-order valence-corrected chi connectivity index (χ1v) is 5.44. The molecule has 1 aromatic rings. The SMILES string of the molecule is CC(C)Sc1ccccc1CC(=O)O. The Bertz CT molecular complexity index is 321. The molecule has 0 saturated carbocycles. The molecule has 0 atom stereocenters. The van der Waals surface area contributed by atoms with Crippen LogP contribution in [0.15, 0.2) is 29.2 Å². The van der Waals surface area contributed by atoms with Crippen LogP contribution >= 0.6 is 11.8 Å². The molecule has 76 valence electrons. The molecule has 14 heavy (non-hydrogen) atoms. The van der Waals surface area contributed by atoms with Crippen molar-refractivity contribution in [2.75, 3.05) is 0 Å². The minimum atomic E-state index is -0.776. The van der Waals surface area contributed by atoms with Gasteiger partial charge >= 0.3 is 5.97 Å². The molecule has 0 aromatic heterocycles. The van der Waals surface area contributed by atoms with Crippen molar-refractivity contribution >= 4 is 17.7 Å². The Morgan fingerprint density at radius 3 is 2.64 bits per heavy atom. The molecule has 0 unspecified atom stereocenters. The first kappa shape index (κ1) is 11.1. The summed E-state index contributed by atoms with van der Waals surface area (Å²) in [5.74, 6) is -0.776. The lowest BCUT2D eigenvalue weighted by molar-refractivity contribution is -0.136. The number of thioether (sulfide) groups is 1. The van der Waals surface area contributed by atoms with Crippen molar-refractivity contribution in [1.82, 2.24) is 0 Å². The van der Waals surface area contributed by atoms with E-state index in [1.807, 2.05) is 24.3 Å². The number of carboxylic acids is 1. The molecular weight excluding hydrogens is 196 g/mol. The van der Waals surface area contributed by atoms with Crippen molar-refractivity contribution in [3.05, 3.63) is 29.8 Å². The van der Waals surface area contributed by atoms with E-state index in [-0.39, 0.29) is 6.42 Å². The first-order valence-electron chi connectivity index (χ1n) is 4.56. The van der Waals surface area contributed by atoms with Gasteiger partial charge in [0.2, 0.25) is 0 Å². The van der Waals surface area contributed by atoms with Gasteiger partial charge < -0.3 is 5.11 Å². The van der Waals surface area contributed by atoms with E-state index < -0.39 is 5.97 Å². The maximum atomic E-state index is 10.6. The van der Waals surface area contributed by atoms with E-state index in [4.69, 9.17) is 5.11 Å².